The van der Waals surface area contributed by atoms with Gasteiger partial charge >= 0.3 is 0 Å². The van der Waals surface area contributed by atoms with E-state index in [1.165, 1.54) is 23.5 Å². The molecular weight excluding hydrogens is 346 g/mol. The molecule has 2 aliphatic heterocycles. The van der Waals surface area contributed by atoms with Gasteiger partial charge in [-0.05, 0) is 36.1 Å². The number of carbonyl (C=O) groups excluding carboxylic acids is 2. The van der Waals surface area contributed by atoms with Crippen molar-refractivity contribution >= 4 is 45.9 Å². The summed E-state index contributed by atoms with van der Waals surface area (Å²) in [6.07, 6.45) is 2.50. The van der Waals surface area contributed by atoms with E-state index in [1.54, 1.807) is 29.2 Å². The van der Waals surface area contributed by atoms with Gasteiger partial charge < -0.3 is 16.0 Å². The summed E-state index contributed by atoms with van der Waals surface area (Å²) in [4.78, 5) is 25.5. The number of nitrogen functional groups attached to an aromatic ring is 1. The summed E-state index contributed by atoms with van der Waals surface area (Å²) in [5.41, 5.74) is 6.72. The van der Waals surface area contributed by atoms with Crippen LogP contribution in [0, 0.1) is 0 Å². The van der Waals surface area contributed by atoms with Gasteiger partial charge in [0.25, 0.3) is 0 Å². The summed E-state index contributed by atoms with van der Waals surface area (Å²) < 4.78 is 0. The van der Waals surface area contributed by atoms with Gasteiger partial charge in [-0.15, -0.1) is 0 Å². The van der Waals surface area contributed by atoms with E-state index in [1.807, 2.05) is 11.6 Å². The Balaban J connectivity index is 1.54. The number of rotatable bonds is 5. The van der Waals surface area contributed by atoms with Gasteiger partial charge in [0.05, 0.1) is 18.3 Å². The highest BCUT2D eigenvalue weighted by atomic mass is 32.2. The SMILES string of the molecule is Nc1ccc(/N=N/C2SC=CN2CC(=O)NC2CCSC2=O)cc1. The molecule has 0 saturated carbocycles. The van der Waals surface area contributed by atoms with Gasteiger partial charge in [-0.25, -0.2) is 0 Å². The fourth-order valence-corrected chi connectivity index (χ4v) is 3.95. The molecule has 2 unspecified atom stereocenters. The minimum absolute atomic E-state index is 0.0364. The molecule has 9 heteroatoms. The van der Waals surface area contributed by atoms with Crippen LogP contribution in [0.4, 0.5) is 11.4 Å². The number of anilines is 1. The fraction of sp³-hybridized carbons (Fsp3) is 0.333. The summed E-state index contributed by atoms with van der Waals surface area (Å²) >= 11 is 2.74. The van der Waals surface area contributed by atoms with Gasteiger partial charge in [0, 0.05) is 17.6 Å². The zero-order chi connectivity index (χ0) is 16.9. The number of nitrogens with zero attached hydrogens (tertiary/aromatic N) is 3. The number of hydrogen-bond donors (Lipinski definition) is 2. The van der Waals surface area contributed by atoms with Crippen LogP contribution in [0.15, 0.2) is 46.1 Å². The molecule has 7 nitrogen and oxygen atoms in total. The molecule has 1 saturated heterocycles. The largest absolute Gasteiger partial charge is 0.399 e. The van der Waals surface area contributed by atoms with Crippen LogP contribution >= 0.6 is 23.5 Å². The number of azo groups is 1. The van der Waals surface area contributed by atoms with Crippen molar-refractivity contribution in [1.29, 1.82) is 0 Å². The number of amides is 1. The Morgan fingerprint density at radius 3 is 2.88 bits per heavy atom. The molecule has 2 atom stereocenters. The number of benzene rings is 1. The van der Waals surface area contributed by atoms with Crippen LogP contribution in [-0.4, -0.2) is 39.8 Å². The average molecular weight is 363 g/mol. The van der Waals surface area contributed by atoms with Crippen LogP contribution < -0.4 is 11.1 Å². The van der Waals surface area contributed by atoms with E-state index in [0.29, 0.717) is 17.8 Å². The number of hydrogen-bond acceptors (Lipinski definition) is 8. The molecular formula is C15H17N5O2S2. The van der Waals surface area contributed by atoms with Gasteiger partial charge in [-0.1, -0.05) is 23.5 Å². The minimum Gasteiger partial charge on any atom is -0.399 e. The lowest BCUT2D eigenvalue weighted by Crippen LogP contribution is -2.43. The topological polar surface area (TPSA) is 100 Å². The number of carbonyl (C=O) groups is 2. The number of nitrogens with one attached hydrogen (secondary N) is 1. The van der Waals surface area contributed by atoms with Crippen molar-refractivity contribution in [2.24, 2.45) is 10.2 Å². The Hall–Kier alpha value is -2.00. The molecule has 0 aromatic heterocycles. The van der Waals surface area contributed by atoms with Crippen molar-refractivity contribution in [2.75, 3.05) is 18.0 Å². The minimum atomic E-state index is -0.364. The van der Waals surface area contributed by atoms with Crippen LogP contribution in [-0.2, 0) is 9.59 Å². The van der Waals surface area contributed by atoms with E-state index in [-0.39, 0.29) is 29.1 Å². The van der Waals surface area contributed by atoms with Crippen LogP contribution in [0.25, 0.3) is 0 Å². The maximum atomic E-state index is 12.1. The number of thioether (sulfide) groups is 2. The highest BCUT2D eigenvalue weighted by Gasteiger charge is 2.28. The first-order chi connectivity index (χ1) is 11.6. The summed E-state index contributed by atoms with van der Waals surface area (Å²) in [6, 6.07) is 6.72. The van der Waals surface area contributed by atoms with Gasteiger partial charge in [0.2, 0.25) is 11.0 Å². The average Bonchev–Trinajstić information content (AvgIpc) is 3.16. The van der Waals surface area contributed by atoms with Crippen molar-refractivity contribution in [1.82, 2.24) is 10.2 Å². The van der Waals surface area contributed by atoms with Crippen molar-refractivity contribution in [3.05, 3.63) is 35.9 Å². The first kappa shape index (κ1) is 16.8. The molecule has 3 rings (SSSR count). The van der Waals surface area contributed by atoms with Crippen molar-refractivity contribution in [2.45, 2.75) is 18.0 Å². The lowest BCUT2D eigenvalue weighted by molar-refractivity contribution is -0.125. The Bertz CT molecular complexity index is 677. The summed E-state index contributed by atoms with van der Waals surface area (Å²) in [7, 11) is 0. The van der Waals surface area contributed by atoms with E-state index < -0.39 is 0 Å². The maximum absolute atomic E-state index is 12.1. The summed E-state index contributed by atoms with van der Waals surface area (Å²) in [6.45, 7) is 0.142. The third-order valence-electron chi connectivity index (χ3n) is 3.50. The molecule has 0 spiro atoms. The first-order valence-electron chi connectivity index (χ1n) is 7.42. The van der Waals surface area contributed by atoms with Crippen molar-refractivity contribution in [3.63, 3.8) is 0 Å². The highest BCUT2D eigenvalue weighted by molar-refractivity contribution is 8.14. The molecule has 0 radical (unpaired) electrons. The van der Waals surface area contributed by atoms with Gasteiger partial charge in [0.1, 0.15) is 0 Å². The van der Waals surface area contributed by atoms with E-state index in [4.69, 9.17) is 5.73 Å². The zero-order valence-corrected chi connectivity index (χ0v) is 14.4. The molecule has 126 valence electrons. The third kappa shape index (κ3) is 4.30. The molecule has 0 aliphatic carbocycles. The normalized spacial score (nSPS) is 23.3. The van der Waals surface area contributed by atoms with Crippen LogP contribution in [0.5, 0.6) is 0 Å². The number of nitrogens with two attached hydrogens (primary N) is 1. The summed E-state index contributed by atoms with van der Waals surface area (Å²) in [5, 5.41) is 13.1. The molecule has 3 N–H and O–H groups in total. The lowest BCUT2D eigenvalue weighted by atomic mass is 10.2. The Morgan fingerprint density at radius 1 is 1.38 bits per heavy atom. The molecule has 2 heterocycles. The van der Waals surface area contributed by atoms with Crippen molar-refractivity contribution < 1.29 is 9.59 Å². The molecule has 1 aromatic carbocycles. The van der Waals surface area contributed by atoms with Gasteiger partial charge in [-0.3, -0.25) is 9.59 Å². The molecule has 0 bridgehead atoms. The fourth-order valence-electron chi connectivity index (χ4n) is 2.25. The monoisotopic (exact) mass is 363 g/mol. The first-order valence-corrected chi connectivity index (χ1v) is 9.35. The molecule has 1 amide bonds. The van der Waals surface area contributed by atoms with Gasteiger partial charge in [-0.2, -0.15) is 10.2 Å². The summed E-state index contributed by atoms with van der Waals surface area (Å²) in [5.74, 6) is 0.581. The third-order valence-corrected chi connectivity index (χ3v) is 5.39. The quantitative estimate of drug-likeness (QED) is 0.615. The molecule has 2 aliphatic rings. The second kappa shape index (κ2) is 7.71. The van der Waals surface area contributed by atoms with Crippen LogP contribution in [0.3, 0.4) is 0 Å². The van der Waals surface area contributed by atoms with Crippen molar-refractivity contribution in [3.8, 4) is 0 Å². The van der Waals surface area contributed by atoms with Crippen LogP contribution in [0.2, 0.25) is 0 Å². The highest BCUT2D eigenvalue weighted by Crippen LogP contribution is 2.27. The second-order valence-corrected chi connectivity index (χ2v) is 7.37. The Morgan fingerprint density at radius 2 is 2.17 bits per heavy atom. The van der Waals surface area contributed by atoms with E-state index >= 15 is 0 Å². The predicted molar refractivity (Wildman–Crippen MR) is 96.6 cm³/mol. The smallest absolute Gasteiger partial charge is 0.240 e. The Kier molecular flexibility index (Phi) is 5.41. The van der Waals surface area contributed by atoms with E-state index in [2.05, 4.69) is 15.5 Å². The zero-order valence-electron chi connectivity index (χ0n) is 12.8. The van der Waals surface area contributed by atoms with E-state index in [9.17, 15) is 9.59 Å². The van der Waals surface area contributed by atoms with Crippen LogP contribution in [0.1, 0.15) is 6.42 Å². The second-order valence-electron chi connectivity index (χ2n) is 5.30. The lowest BCUT2D eigenvalue weighted by Gasteiger charge is -2.20. The standard InChI is InChI=1S/C15H17N5O2S2/c16-10-1-3-11(4-2-10)18-19-15-20(6-8-24-15)9-13(21)17-12-5-7-23-14(12)22/h1-4,6,8,12,15H,5,7,9,16H2,(H,17,21)/b19-18+. The molecule has 1 aromatic rings. The molecule has 24 heavy (non-hydrogen) atoms. The predicted octanol–water partition coefficient (Wildman–Crippen LogP) is 2.30. The molecule has 1 fully saturated rings. The maximum Gasteiger partial charge on any atom is 0.240 e. The van der Waals surface area contributed by atoms with Gasteiger partial charge in [0.15, 0.2) is 5.50 Å². The van der Waals surface area contributed by atoms with E-state index in [0.717, 1.165) is 5.75 Å². The Labute approximate surface area is 148 Å².